The predicted octanol–water partition coefficient (Wildman–Crippen LogP) is 2.34. The summed E-state index contributed by atoms with van der Waals surface area (Å²) < 4.78 is 0. The van der Waals surface area contributed by atoms with Crippen LogP contribution < -0.4 is 5.32 Å². The molecule has 0 radical (unpaired) electrons. The van der Waals surface area contributed by atoms with E-state index in [0.29, 0.717) is 37.8 Å². The number of aliphatic imine (C=N–C) groups is 1. The summed E-state index contributed by atoms with van der Waals surface area (Å²) in [5, 5.41) is 2.84. The smallest absolute Gasteiger partial charge is 0.276 e. The van der Waals surface area contributed by atoms with Crippen LogP contribution in [-0.4, -0.2) is 53.8 Å². The second-order valence-corrected chi connectivity index (χ2v) is 6.90. The molecule has 0 saturated carbocycles. The lowest BCUT2D eigenvalue weighted by Gasteiger charge is -2.34. The van der Waals surface area contributed by atoms with Crippen LogP contribution in [0.5, 0.6) is 0 Å². The quantitative estimate of drug-likeness (QED) is 0.821. The molecule has 2 aromatic carbocycles. The fourth-order valence-corrected chi connectivity index (χ4v) is 3.40. The van der Waals surface area contributed by atoms with Crippen LogP contribution >= 0.6 is 0 Å². The molecule has 2 aromatic rings. The lowest BCUT2D eigenvalue weighted by atomic mass is 10.0. The Kier molecular flexibility index (Phi) is 4.93. The Morgan fingerprint density at radius 3 is 2.25 bits per heavy atom. The Bertz CT molecular complexity index is 940. The van der Waals surface area contributed by atoms with Gasteiger partial charge < -0.3 is 9.80 Å². The molecule has 142 valence electrons. The van der Waals surface area contributed by atoms with Gasteiger partial charge in [-0.1, -0.05) is 54.6 Å². The first kappa shape index (κ1) is 18.0. The van der Waals surface area contributed by atoms with Gasteiger partial charge in [0.25, 0.3) is 5.91 Å². The maximum absolute atomic E-state index is 12.3. The highest BCUT2D eigenvalue weighted by molar-refractivity contribution is 6.13. The average molecular weight is 374 g/mol. The largest absolute Gasteiger partial charge is 0.339 e. The van der Waals surface area contributed by atoms with Crippen molar-refractivity contribution in [2.45, 2.75) is 6.92 Å². The first-order chi connectivity index (χ1) is 13.6. The topological polar surface area (TPSA) is 65.0 Å². The van der Waals surface area contributed by atoms with E-state index in [4.69, 9.17) is 0 Å². The molecule has 0 aromatic heterocycles. The van der Waals surface area contributed by atoms with Gasteiger partial charge in [0.2, 0.25) is 11.9 Å². The number of nitrogens with zero attached hydrogens (tertiary/aromatic N) is 3. The number of piperazine rings is 1. The maximum atomic E-state index is 12.3. The van der Waals surface area contributed by atoms with Crippen molar-refractivity contribution in [1.29, 1.82) is 0 Å². The van der Waals surface area contributed by atoms with Gasteiger partial charge >= 0.3 is 0 Å². The first-order valence-corrected chi connectivity index (χ1v) is 9.38. The summed E-state index contributed by atoms with van der Waals surface area (Å²) in [6.07, 6.45) is 1.79. The van der Waals surface area contributed by atoms with Gasteiger partial charge in [-0.2, -0.15) is 0 Å². The molecule has 6 nitrogen and oxygen atoms in total. The Morgan fingerprint density at radius 2 is 1.61 bits per heavy atom. The summed E-state index contributed by atoms with van der Waals surface area (Å²) in [5.74, 6) is 0.452. The highest BCUT2D eigenvalue weighted by atomic mass is 16.2. The molecule has 4 rings (SSSR count). The fraction of sp³-hybridized carbons (Fsp3) is 0.227. The minimum atomic E-state index is -0.198. The van der Waals surface area contributed by atoms with Gasteiger partial charge in [0.1, 0.15) is 5.70 Å². The summed E-state index contributed by atoms with van der Waals surface area (Å²) in [6, 6.07) is 18.2. The summed E-state index contributed by atoms with van der Waals surface area (Å²) in [7, 11) is 0. The highest BCUT2D eigenvalue weighted by Gasteiger charge is 2.27. The molecular formula is C22H22N4O2. The van der Waals surface area contributed by atoms with Gasteiger partial charge in [-0.25, -0.2) is 4.99 Å². The van der Waals surface area contributed by atoms with Gasteiger partial charge in [-0.3, -0.25) is 14.9 Å². The van der Waals surface area contributed by atoms with E-state index in [2.05, 4.69) is 22.4 Å². The van der Waals surface area contributed by atoms with Gasteiger partial charge in [0.05, 0.1) is 0 Å². The van der Waals surface area contributed by atoms with E-state index >= 15 is 0 Å². The predicted molar refractivity (Wildman–Crippen MR) is 109 cm³/mol. The number of amides is 2. The van der Waals surface area contributed by atoms with E-state index in [9.17, 15) is 9.59 Å². The summed E-state index contributed by atoms with van der Waals surface area (Å²) in [6.45, 7) is 4.19. The maximum Gasteiger partial charge on any atom is 0.276 e. The van der Waals surface area contributed by atoms with Gasteiger partial charge in [0, 0.05) is 33.1 Å². The van der Waals surface area contributed by atoms with Gasteiger partial charge in [0.15, 0.2) is 0 Å². The Hall–Kier alpha value is -3.41. The van der Waals surface area contributed by atoms with Crippen LogP contribution in [0.4, 0.5) is 0 Å². The average Bonchev–Trinajstić information content (AvgIpc) is 3.09. The number of hydrogen-bond acceptors (Lipinski definition) is 4. The van der Waals surface area contributed by atoms with Crippen LogP contribution in [0.2, 0.25) is 0 Å². The number of hydrogen-bond donors (Lipinski definition) is 1. The molecule has 1 fully saturated rings. The Labute approximate surface area is 164 Å². The van der Waals surface area contributed by atoms with Crippen molar-refractivity contribution in [2.24, 2.45) is 4.99 Å². The van der Waals surface area contributed by atoms with E-state index in [-0.39, 0.29) is 11.8 Å². The molecule has 2 aliphatic heterocycles. The van der Waals surface area contributed by atoms with E-state index in [1.165, 1.54) is 0 Å². The molecule has 0 bridgehead atoms. The number of guanidine groups is 1. The van der Waals surface area contributed by atoms with Crippen molar-refractivity contribution < 1.29 is 9.59 Å². The van der Waals surface area contributed by atoms with Crippen LogP contribution in [0.1, 0.15) is 12.5 Å². The SMILES string of the molecule is CC(=O)N1CCN(C2=N/C(=C\c3ccc(-c4ccccc4)cc3)C(=O)N2)CC1. The summed E-state index contributed by atoms with van der Waals surface area (Å²) >= 11 is 0. The molecule has 6 heteroatoms. The third kappa shape index (κ3) is 3.81. The second-order valence-electron chi connectivity index (χ2n) is 6.90. The minimum absolute atomic E-state index is 0.0802. The van der Waals surface area contributed by atoms with Crippen molar-refractivity contribution in [3.63, 3.8) is 0 Å². The molecule has 0 aliphatic carbocycles. The number of benzene rings is 2. The molecule has 1 N–H and O–H groups in total. The van der Waals surface area contributed by atoms with Crippen LogP contribution in [0, 0.1) is 0 Å². The minimum Gasteiger partial charge on any atom is -0.339 e. The van der Waals surface area contributed by atoms with Crippen molar-refractivity contribution in [2.75, 3.05) is 26.2 Å². The molecule has 2 amide bonds. The second kappa shape index (κ2) is 7.68. The third-order valence-corrected chi connectivity index (χ3v) is 5.03. The van der Waals surface area contributed by atoms with E-state index < -0.39 is 0 Å². The zero-order valence-electron chi connectivity index (χ0n) is 15.8. The number of carbonyl (C=O) groups is 2. The van der Waals surface area contributed by atoms with Crippen molar-refractivity contribution in [3.05, 3.63) is 65.9 Å². The lowest BCUT2D eigenvalue weighted by Crippen LogP contribution is -2.52. The number of nitrogens with one attached hydrogen (secondary N) is 1. The van der Waals surface area contributed by atoms with Crippen LogP contribution in [0.25, 0.3) is 17.2 Å². The summed E-state index contributed by atoms with van der Waals surface area (Å²) in [5.41, 5.74) is 3.61. The fourth-order valence-electron chi connectivity index (χ4n) is 3.40. The van der Waals surface area contributed by atoms with E-state index in [1.807, 2.05) is 47.4 Å². The standard InChI is InChI=1S/C22H22N4O2/c1-16(27)25-11-13-26(14-12-25)22-23-20(21(28)24-22)15-17-7-9-19(10-8-17)18-5-3-2-4-6-18/h2-10,15H,11-14H2,1H3,(H,23,24,28)/b20-15-. The molecule has 2 heterocycles. The molecule has 0 unspecified atom stereocenters. The van der Waals surface area contributed by atoms with Crippen LogP contribution in [-0.2, 0) is 9.59 Å². The molecule has 28 heavy (non-hydrogen) atoms. The zero-order valence-corrected chi connectivity index (χ0v) is 15.8. The molecular weight excluding hydrogens is 352 g/mol. The Morgan fingerprint density at radius 1 is 0.964 bits per heavy atom. The lowest BCUT2D eigenvalue weighted by molar-refractivity contribution is -0.130. The summed E-state index contributed by atoms with van der Waals surface area (Å²) in [4.78, 5) is 32.0. The highest BCUT2D eigenvalue weighted by Crippen LogP contribution is 2.21. The monoisotopic (exact) mass is 374 g/mol. The number of carbonyl (C=O) groups excluding carboxylic acids is 2. The Balaban J connectivity index is 1.47. The first-order valence-electron chi connectivity index (χ1n) is 9.38. The normalized spacial score (nSPS) is 18.2. The van der Waals surface area contributed by atoms with Gasteiger partial charge in [-0.15, -0.1) is 0 Å². The van der Waals surface area contributed by atoms with E-state index in [0.717, 1.165) is 16.7 Å². The van der Waals surface area contributed by atoms with Crippen molar-refractivity contribution in [3.8, 4) is 11.1 Å². The van der Waals surface area contributed by atoms with Crippen molar-refractivity contribution in [1.82, 2.24) is 15.1 Å². The molecule has 1 saturated heterocycles. The van der Waals surface area contributed by atoms with Crippen LogP contribution in [0.3, 0.4) is 0 Å². The van der Waals surface area contributed by atoms with Crippen molar-refractivity contribution >= 4 is 23.8 Å². The third-order valence-electron chi connectivity index (χ3n) is 5.03. The molecule has 0 spiro atoms. The van der Waals surface area contributed by atoms with Gasteiger partial charge in [-0.05, 0) is 22.8 Å². The molecule has 0 atom stereocenters. The molecule has 2 aliphatic rings. The zero-order chi connectivity index (χ0) is 19.5. The van der Waals surface area contributed by atoms with E-state index in [1.54, 1.807) is 17.9 Å². The number of rotatable bonds is 2. The van der Waals surface area contributed by atoms with Crippen LogP contribution in [0.15, 0.2) is 65.3 Å².